The molecule has 0 rings (SSSR count). The summed E-state index contributed by atoms with van der Waals surface area (Å²) in [5, 5.41) is 0. The Kier molecular flexibility index (Phi) is 7.65. The Balaban J connectivity index is 0. The van der Waals surface area contributed by atoms with Crippen LogP contribution in [0.1, 0.15) is 41.5 Å². The van der Waals surface area contributed by atoms with Gasteiger partial charge in [-0.1, -0.05) is 0 Å². The molecule has 0 amide bonds. The van der Waals surface area contributed by atoms with Crippen molar-refractivity contribution in [3.63, 3.8) is 0 Å². The van der Waals surface area contributed by atoms with Gasteiger partial charge in [-0.3, -0.25) is 0 Å². The summed E-state index contributed by atoms with van der Waals surface area (Å²) in [7, 11) is 0. The van der Waals surface area contributed by atoms with E-state index in [0.717, 1.165) is 0 Å². The molecule has 0 unspecified atom stereocenters. The Morgan fingerprint density at radius 1 is 0.750 bits per heavy atom. The Hall–Kier alpha value is -0.000260. The van der Waals surface area contributed by atoms with Crippen LogP contribution in [-0.4, -0.2) is 23.5 Å². The maximum atomic E-state index is 11.0. The maximum absolute atomic E-state index is 11.0. The van der Waals surface area contributed by atoms with Gasteiger partial charge in [0.15, 0.2) is 0 Å². The molecule has 0 bridgehead atoms. The largest absolute Gasteiger partial charge is 0.519 e. The molecule has 0 atom stereocenters. The molecule has 0 saturated heterocycles. The number of hydrogen-bond acceptors (Lipinski definition) is 5. The average molecular weight is 258 g/mol. The van der Waals surface area contributed by atoms with E-state index < -0.39 is 23.5 Å². The number of ether oxygens (including phenoxy) is 3. The minimum absolute atomic E-state index is 0. The summed E-state index contributed by atoms with van der Waals surface area (Å²) in [4.78, 5) is 22.0. The van der Waals surface area contributed by atoms with E-state index in [9.17, 15) is 9.59 Å². The summed E-state index contributed by atoms with van der Waals surface area (Å²) in [5.74, 6) is 0. The predicted molar refractivity (Wildman–Crippen MR) is 53.6 cm³/mol. The minimum atomic E-state index is -1.06. The van der Waals surface area contributed by atoms with Gasteiger partial charge in [0.25, 0.3) is 0 Å². The van der Waals surface area contributed by atoms with Crippen molar-refractivity contribution in [3.05, 3.63) is 0 Å². The van der Waals surface area contributed by atoms with Gasteiger partial charge in [0.2, 0.25) is 0 Å². The van der Waals surface area contributed by atoms with Gasteiger partial charge in [-0.25, -0.2) is 9.59 Å². The second-order valence-electron chi connectivity index (χ2n) is 5.03. The zero-order valence-corrected chi connectivity index (χ0v) is 11.1. The molecule has 6 heteroatoms. The van der Waals surface area contributed by atoms with Gasteiger partial charge in [0.05, 0.1) is 0 Å². The molecule has 96 valence electrons. The van der Waals surface area contributed by atoms with E-state index in [1.54, 1.807) is 41.5 Å². The van der Waals surface area contributed by atoms with Gasteiger partial charge < -0.3 is 14.2 Å². The molecule has 0 aromatic heterocycles. The van der Waals surface area contributed by atoms with Crippen LogP contribution in [0.15, 0.2) is 0 Å². The molecular weight excluding hydrogens is 240 g/mol. The zero-order valence-electron chi connectivity index (χ0n) is 10.4. The van der Waals surface area contributed by atoms with Crippen molar-refractivity contribution in [2.24, 2.45) is 0 Å². The summed E-state index contributed by atoms with van der Waals surface area (Å²) in [6, 6.07) is 0. The van der Waals surface area contributed by atoms with Crippen LogP contribution in [0.2, 0.25) is 0 Å². The molecule has 0 saturated carbocycles. The molecule has 0 aromatic rings. The fraction of sp³-hybridized carbons (Fsp3) is 0.800. The Morgan fingerprint density at radius 3 is 1.19 bits per heavy atom. The molecule has 0 aliphatic rings. The van der Waals surface area contributed by atoms with Gasteiger partial charge >= 0.3 is 12.3 Å². The summed E-state index contributed by atoms with van der Waals surface area (Å²) in [6.45, 7) is 10.0. The molecule has 0 radical (unpaired) electrons. The van der Waals surface area contributed by atoms with E-state index in [-0.39, 0.29) is 37.7 Å². The van der Waals surface area contributed by atoms with Crippen LogP contribution >= 0.6 is 0 Å². The van der Waals surface area contributed by atoms with Gasteiger partial charge in [-0.2, -0.15) is 0 Å². The van der Waals surface area contributed by atoms with Crippen LogP contribution in [0.3, 0.4) is 0 Å². The van der Waals surface area contributed by atoms with Gasteiger partial charge in [0, 0.05) is 37.7 Å². The predicted octanol–water partition coefficient (Wildman–Crippen LogP) is 2.87. The van der Waals surface area contributed by atoms with Crippen LogP contribution in [-0.2, 0) is 14.2 Å². The fourth-order valence-corrected chi connectivity index (χ4v) is 0.610. The fourth-order valence-electron chi connectivity index (χ4n) is 0.610. The van der Waals surface area contributed by atoms with Crippen LogP contribution in [0, 0.1) is 37.7 Å². The first-order valence-electron chi connectivity index (χ1n) is 4.63. The number of hydrogen-bond donors (Lipinski definition) is 0. The molecule has 0 heterocycles. The molecule has 0 spiro atoms. The van der Waals surface area contributed by atoms with E-state index >= 15 is 0 Å². The molecule has 0 aliphatic carbocycles. The van der Waals surface area contributed by atoms with E-state index in [1.165, 1.54) is 0 Å². The summed E-state index contributed by atoms with van der Waals surface area (Å²) in [5.41, 5.74) is -1.39. The third-order valence-electron chi connectivity index (χ3n) is 0.946. The third-order valence-corrected chi connectivity index (χ3v) is 0.946. The van der Waals surface area contributed by atoms with Crippen molar-refractivity contribution in [2.45, 2.75) is 52.7 Å². The summed E-state index contributed by atoms with van der Waals surface area (Å²) < 4.78 is 13.8. The molecule has 0 aromatic carbocycles. The first-order chi connectivity index (χ1) is 6.49. The number of carbonyl (C=O) groups is 2. The van der Waals surface area contributed by atoms with E-state index in [0.29, 0.717) is 0 Å². The van der Waals surface area contributed by atoms with Crippen molar-refractivity contribution < 1.29 is 61.5 Å². The molecular formula is C10H18ArO5. The number of rotatable bonds is 0. The summed E-state index contributed by atoms with van der Waals surface area (Å²) >= 11 is 0. The SMILES string of the molecule is CC(C)(C)OC(=O)OC(=O)OC(C)(C)C.[Ar]. The molecule has 0 aliphatic heterocycles. The summed E-state index contributed by atoms with van der Waals surface area (Å²) in [6.07, 6.45) is -2.12. The molecule has 5 nitrogen and oxygen atoms in total. The zero-order chi connectivity index (χ0) is 12.3. The first-order valence-corrected chi connectivity index (χ1v) is 4.63. The topological polar surface area (TPSA) is 61.8 Å². The van der Waals surface area contributed by atoms with Crippen molar-refractivity contribution in [2.75, 3.05) is 0 Å². The Morgan fingerprint density at radius 2 is 1.00 bits per heavy atom. The van der Waals surface area contributed by atoms with Crippen LogP contribution in [0.5, 0.6) is 0 Å². The standard InChI is InChI=1S/C10H18O5.Ar/c1-9(2,3)14-7(11)13-8(12)15-10(4,5)6;/h1-6H3;. The van der Waals surface area contributed by atoms with Crippen molar-refractivity contribution in [3.8, 4) is 0 Å². The second kappa shape index (κ2) is 6.67. The third kappa shape index (κ3) is 12.1. The van der Waals surface area contributed by atoms with Crippen LogP contribution in [0.4, 0.5) is 9.59 Å². The van der Waals surface area contributed by atoms with Gasteiger partial charge in [-0.05, 0) is 41.5 Å². The van der Waals surface area contributed by atoms with E-state index in [2.05, 4.69) is 4.74 Å². The smallest absolute Gasteiger partial charge is 0.428 e. The van der Waals surface area contributed by atoms with Crippen molar-refractivity contribution in [1.82, 2.24) is 0 Å². The van der Waals surface area contributed by atoms with Gasteiger partial charge in [0.1, 0.15) is 11.2 Å². The van der Waals surface area contributed by atoms with Crippen molar-refractivity contribution in [1.29, 1.82) is 0 Å². The normalized spacial score (nSPS) is 11.1. The molecule has 0 N–H and O–H groups in total. The molecule has 16 heavy (non-hydrogen) atoms. The Bertz CT molecular complexity index is 223. The Labute approximate surface area is 126 Å². The maximum Gasteiger partial charge on any atom is 0.519 e. The monoisotopic (exact) mass is 258 g/mol. The minimum Gasteiger partial charge on any atom is -0.428 e. The van der Waals surface area contributed by atoms with Crippen LogP contribution in [0.25, 0.3) is 0 Å². The van der Waals surface area contributed by atoms with E-state index in [4.69, 9.17) is 9.47 Å². The average Bonchev–Trinajstić information content (AvgIpc) is 1.73. The van der Waals surface area contributed by atoms with Gasteiger partial charge in [-0.15, -0.1) is 0 Å². The van der Waals surface area contributed by atoms with Crippen molar-refractivity contribution >= 4 is 12.3 Å². The van der Waals surface area contributed by atoms with Crippen LogP contribution < -0.4 is 0 Å². The first kappa shape index (κ1) is 18.4. The number of carbonyl (C=O) groups excluding carboxylic acids is 2. The van der Waals surface area contributed by atoms with E-state index in [1.807, 2.05) is 0 Å². The molecule has 0 fully saturated rings. The second-order valence-corrected chi connectivity index (χ2v) is 5.03. The quantitative estimate of drug-likeness (QED) is 0.494.